The summed E-state index contributed by atoms with van der Waals surface area (Å²) < 4.78 is 10.6. The van der Waals surface area contributed by atoms with Crippen molar-refractivity contribution >= 4 is 5.91 Å². The number of hydrogen-bond donors (Lipinski definition) is 0. The van der Waals surface area contributed by atoms with E-state index in [4.69, 9.17) is 9.47 Å². The van der Waals surface area contributed by atoms with Crippen molar-refractivity contribution in [1.82, 2.24) is 9.88 Å². The molecule has 0 radical (unpaired) electrons. The molecule has 0 unspecified atom stereocenters. The molecule has 112 valence electrons. The Bertz CT molecular complexity index is 401. The van der Waals surface area contributed by atoms with Gasteiger partial charge in [-0.05, 0) is 32.9 Å². The molecule has 0 atom stereocenters. The first-order chi connectivity index (χ1) is 9.42. The first-order valence-electron chi connectivity index (χ1n) is 6.73. The minimum absolute atomic E-state index is 0.0531. The number of hydrogen-bond acceptors (Lipinski definition) is 4. The van der Waals surface area contributed by atoms with E-state index in [-0.39, 0.29) is 18.1 Å². The number of carbonyl (C=O) groups excluding carboxylic acids is 1. The molecule has 0 aromatic carbocycles. The maximum absolute atomic E-state index is 12.2. The Balaban J connectivity index is 2.61. The van der Waals surface area contributed by atoms with Crippen LogP contribution in [0.4, 0.5) is 0 Å². The van der Waals surface area contributed by atoms with Gasteiger partial charge in [-0.2, -0.15) is 0 Å². The molecular weight excluding hydrogens is 256 g/mol. The van der Waals surface area contributed by atoms with Crippen molar-refractivity contribution in [1.29, 1.82) is 0 Å². The summed E-state index contributed by atoms with van der Waals surface area (Å²) in [7, 11) is 1.62. The van der Waals surface area contributed by atoms with Gasteiger partial charge in [0.15, 0.2) is 0 Å². The summed E-state index contributed by atoms with van der Waals surface area (Å²) in [6, 6.07) is 5.66. The third-order valence-corrected chi connectivity index (χ3v) is 2.63. The Kier molecular flexibility index (Phi) is 6.61. The molecule has 0 saturated carbocycles. The van der Waals surface area contributed by atoms with Crippen molar-refractivity contribution < 1.29 is 14.3 Å². The molecule has 0 aliphatic rings. The predicted molar refractivity (Wildman–Crippen MR) is 77.2 cm³/mol. The summed E-state index contributed by atoms with van der Waals surface area (Å²) in [5, 5.41) is 0. The molecule has 1 aromatic rings. The van der Waals surface area contributed by atoms with E-state index >= 15 is 0 Å². The average Bonchev–Trinajstić information content (AvgIpc) is 2.41. The number of rotatable bonds is 7. The SMILES string of the molecule is COCCN(Cc1ccccn1)C(=O)COC(C)(C)C. The predicted octanol–water partition coefficient (Wildman–Crippen LogP) is 1.87. The van der Waals surface area contributed by atoms with Crippen LogP contribution in [0.1, 0.15) is 26.5 Å². The monoisotopic (exact) mass is 280 g/mol. The van der Waals surface area contributed by atoms with E-state index in [1.807, 2.05) is 39.0 Å². The van der Waals surface area contributed by atoms with Gasteiger partial charge in [-0.15, -0.1) is 0 Å². The molecule has 0 spiro atoms. The summed E-state index contributed by atoms with van der Waals surface area (Å²) >= 11 is 0. The van der Waals surface area contributed by atoms with Crippen molar-refractivity contribution in [2.45, 2.75) is 32.9 Å². The third kappa shape index (κ3) is 6.63. The van der Waals surface area contributed by atoms with Gasteiger partial charge in [-0.25, -0.2) is 0 Å². The fourth-order valence-corrected chi connectivity index (χ4v) is 1.55. The highest BCUT2D eigenvalue weighted by Crippen LogP contribution is 2.08. The highest BCUT2D eigenvalue weighted by molar-refractivity contribution is 5.77. The summed E-state index contributed by atoms with van der Waals surface area (Å²) in [6.45, 7) is 7.35. The molecule has 20 heavy (non-hydrogen) atoms. The molecule has 1 rings (SSSR count). The molecular formula is C15H24N2O3. The van der Waals surface area contributed by atoms with Gasteiger partial charge in [0, 0.05) is 19.9 Å². The lowest BCUT2D eigenvalue weighted by Gasteiger charge is -2.25. The molecule has 5 nitrogen and oxygen atoms in total. The second-order valence-corrected chi connectivity index (χ2v) is 5.53. The van der Waals surface area contributed by atoms with Gasteiger partial charge in [0.1, 0.15) is 6.61 Å². The van der Waals surface area contributed by atoms with E-state index in [1.54, 1.807) is 18.2 Å². The Morgan fingerprint density at radius 3 is 2.65 bits per heavy atom. The van der Waals surface area contributed by atoms with Crippen molar-refractivity contribution in [2.75, 3.05) is 26.9 Å². The average molecular weight is 280 g/mol. The van der Waals surface area contributed by atoms with Crippen molar-refractivity contribution in [2.24, 2.45) is 0 Å². The summed E-state index contributed by atoms with van der Waals surface area (Å²) in [6.07, 6.45) is 1.72. The molecule has 0 aliphatic carbocycles. The van der Waals surface area contributed by atoms with Crippen LogP contribution in [0.3, 0.4) is 0 Å². The van der Waals surface area contributed by atoms with Crippen LogP contribution in [0.25, 0.3) is 0 Å². The van der Waals surface area contributed by atoms with Gasteiger partial charge < -0.3 is 14.4 Å². The van der Waals surface area contributed by atoms with Crippen LogP contribution in [-0.2, 0) is 20.8 Å². The van der Waals surface area contributed by atoms with Crippen LogP contribution in [0.2, 0.25) is 0 Å². The van der Waals surface area contributed by atoms with Gasteiger partial charge in [-0.3, -0.25) is 9.78 Å². The fraction of sp³-hybridized carbons (Fsp3) is 0.600. The van der Waals surface area contributed by atoms with Crippen LogP contribution in [-0.4, -0.2) is 48.3 Å². The van der Waals surface area contributed by atoms with Gasteiger partial charge in [-0.1, -0.05) is 6.07 Å². The van der Waals surface area contributed by atoms with Gasteiger partial charge in [0.2, 0.25) is 5.91 Å². The molecule has 0 bridgehead atoms. The standard InChI is InChI=1S/C15H24N2O3/c1-15(2,3)20-12-14(18)17(9-10-19-4)11-13-7-5-6-8-16-13/h5-8H,9-12H2,1-4H3. The molecule has 0 saturated heterocycles. The number of amides is 1. The Morgan fingerprint density at radius 1 is 1.35 bits per heavy atom. The molecule has 0 fully saturated rings. The van der Waals surface area contributed by atoms with Gasteiger partial charge >= 0.3 is 0 Å². The largest absolute Gasteiger partial charge is 0.383 e. The smallest absolute Gasteiger partial charge is 0.249 e. The zero-order chi connectivity index (χ0) is 15.0. The topological polar surface area (TPSA) is 51.7 Å². The Morgan fingerprint density at radius 2 is 2.10 bits per heavy atom. The van der Waals surface area contributed by atoms with E-state index in [0.717, 1.165) is 5.69 Å². The van der Waals surface area contributed by atoms with Crippen molar-refractivity contribution in [3.8, 4) is 0 Å². The van der Waals surface area contributed by atoms with E-state index < -0.39 is 0 Å². The minimum atomic E-state index is -0.326. The number of ether oxygens (including phenoxy) is 2. The lowest BCUT2D eigenvalue weighted by Crippen LogP contribution is -2.38. The molecule has 1 amide bonds. The quantitative estimate of drug-likeness (QED) is 0.765. The molecule has 0 N–H and O–H groups in total. The Labute approximate surface area is 120 Å². The Hall–Kier alpha value is -1.46. The summed E-state index contributed by atoms with van der Waals surface area (Å²) in [5.74, 6) is -0.0531. The maximum atomic E-state index is 12.2. The zero-order valence-corrected chi connectivity index (χ0v) is 12.8. The van der Waals surface area contributed by atoms with Crippen LogP contribution < -0.4 is 0 Å². The number of methoxy groups -OCH3 is 1. The highest BCUT2D eigenvalue weighted by Gasteiger charge is 2.18. The van der Waals surface area contributed by atoms with Crippen LogP contribution >= 0.6 is 0 Å². The number of pyridine rings is 1. The van der Waals surface area contributed by atoms with Gasteiger partial charge in [0.25, 0.3) is 0 Å². The third-order valence-electron chi connectivity index (χ3n) is 2.63. The number of aromatic nitrogens is 1. The highest BCUT2D eigenvalue weighted by atomic mass is 16.5. The minimum Gasteiger partial charge on any atom is -0.383 e. The van der Waals surface area contributed by atoms with Crippen molar-refractivity contribution in [3.05, 3.63) is 30.1 Å². The van der Waals surface area contributed by atoms with E-state index in [2.05, 4.69) is 4.98 Å². The zero-order valence-electron chi connectivity index (χ0n) is 12.8. The molecule has 1 aromatic heterocycles. The first kappa shape index (κ1) is 16.6. The molecule has 5 heteroatoms. The van der Waals surface area contributed by atoms with Gasteiger partial charge in [0.05, 0.1) is 24.4 Å². The van der Waals surface area contributed by atoms with E-state index in [9.17, 15) is 4.79 Å². The summed E-state index contributed by atoms with van der Waals surface area (Å²) in [4.78, 5) is 18.2. The number of carbonyl (C=O) groups is 1. The fourth-order valence-electron chi connectivity index (χ4n) is 1.55. The second kappa shape index (κ2) is 7.97. The number of nitrogens with zero attached hydrogens (tertiary/aromatic N) is 2. The van der Waals surface area contributed by atoms with E-state index in [1.165, 1.54) is 0 Å². The molecule has 0 aliphatic heterocycles. The van der Waals surface area contributed by atoms with E-state index in [0.29, 0.717) is 19.7 Å². The summed E-state index contributed by atoms with van der Waals surface area (Å²) in [5.41, 5.74) is 0.529. The first-order valence-corrected chi connectivity index (χ1v) is 6.73. The molecule has 1 heterocycles. The van der Waals surface area contributed by atoms with Crippen LogP contribution in [0, 0.1) is 0 Å². The van der Waals surface area contributed by atoms with Crippen molar-refractivity contribution in [3.63, 3.8) is 0 Å². The van der Waals surface area contributed by atoms with Crippen LogP contribution in [0.15, 0.2) is 24.4 Å². The normalized spacial score (nSPS) is 11.4. The second-order valence-electron chi connectivity index (χ2n) is 5.53. The lowest BCUT2D eigenvalue weighted by molar-refractivity contribution is -0.142. The van der Waals surface area contributed by atoms with Crippen LogP contribution in [0.5, 0.6) is 0 Å². The lowest BCUT2D eigenvalue weighted by atomic mass is 10.2. The maximum Gasteiger partial charge on any atom is 0.249 e.